The predicted molar refractivity (Wildman–Crippen MR) is 134 cm³/mol. The molecule has 2 saturated heterocycles. The maximum absolute atomic E-state index is 13.2. The number of nitrogens with zero attached hydrogens (tertiary/aromatic N) is 1. The Kier molecular flexibility index (Phi) is 5.83. The van der Waals surface area contributed by atoms with Gasteiger partial charge in [-0.15, -0.1) is 0 Å². The van der Waals surface area contributed by atoms with Crippen molar-refractivity contribution in [2.24, 2.45) is 51.5 Å². The summed E-state index contributed by atoms with van der Waals surface area (Å²) in [6.45, 7) is 10.6. The van der Waals surface area contributed by atoms with Gasteiger partial charge in [-0.05, 0) is 73.5 Å². The molecule has 4 aliphatic carbocycles. The zero-order chi connectivity index (χ0) is 26.5. The molecule has 206 valence electrons. The number of hydrogen-bond acceptors (Lipinski definition) is 8. The number of Topliss-reactive ketones (excluding diaryl/α,β-unsaturated/α-hetero) is 1. The molecule has 0 aromatic heterocycles. The zero-order valence-electron chi connectivity index (χ0n) is 22.9. The Hall–Kier alpha value is -1.35. The summed E-state index contributed by atoms with van der Waals surface area (Å²) in [6.07, 6.45) is 4.85. The van der Waals surface area contributed by atoms with E-state index in [1.807, 2.05) is 6.92 Å². The number of hydrogen-bond donors (Lipinski definition) is 2. The SMILES string of the molecule is CC(=O)O/N=C1\C[C@H]2[C@@H]3C[C@@H]4O[C@@]5(OC[C@H](C)CC5=O)[C@@H](C)[C@@H]4[C@@]3(C)CC[C@@H]2[C@@]2(C)CC[C@H](O)CC12O. The molecule has 4 saturated carbocycles. The summed E-state index contributed by atoms with van der Waals surface area (Å²) in [6, 6.07) is 0. The van der Waals surface area contributed by atoms with Crippen LogP contribution in [0.1, 0.15) is 86.0 Å². The zero-order valence-corrected chi connectivity index (χ0v) is 22.9. The maximum atomic E-state index is 13.2. The summed E-state index contributed by atoms with van der Waals surface area (Å²) < 4.78 is 12.9. The Morgan fingerprint density at radius 1 is 1.14 bits per heavy atom. The fourth-order valence-electron chi connectivity index (χ4n) is 10.2. The molecule has 6 aliphatic rings. The standard InChI is InChI=1S/C29H43NO7/c1-15-10-24(33)29(35-14-15)16(2)25-22(36-29)12-21-19-11-23(30-37-17(3)31)28(34)13-18(32)6-9-27(28,5)20(19)7-8-26(21,25)4/h15-16,18-22,25,32,34H,6-14H2,1-5H3/b30-23+/t15-,16+,18+,19-,20+,21+,22+,25+,26+,27-,28?,29+/m1/s1. The summed E-state index contributed by atoms with van der Waals surface area (Å²) in [7, 11) is 0. The minimum Gasteiger partial charge on any atom is -0.393 e. The minimum atomic E-state index is -1.30. The van der Waals surface area contributed by atoms with Crippen molar-refractivity contribution in [3.8, 4) is 0 Å². The van der Waals surface area contributed by atoms with Gasteiger partial charge in [-0.3, -0.25) is 4.79 Å². The molecule has 0 aromatic rings. The van der Waals surface area contributed by atoms with Crippen molar-refractivity contribution >= 4 is 17.5 Å². The van der Waals surface area contributed by atoms with E-state index in [1.165, 1.54) is 6.92 Å². The molecule has 12 atom stereocenters. The molecule has 8 nitrogen and oxygen atoms in total. The van der Waals surface area contributed by atoms with Crippen LogP contribution < -0.4 is 0 Å². The topological polar surface area (TPSA) is 115 Å². The number of aliphatic hydroxyl groups excluding tert-OH is 1. The number of oxime groups is 1. The number of ether oxygens (including phenoxy) is 2. The number of fused-ring (bicyclic) bond motifs is 7. The fraction of sp³-hybridized carbons (Fsp3) is 0.897. The first kappa shape index (κ1) is 25.9. The molecule has 1 unspecified atom stereocenters. The van der Waals surface area contributed by atoms with Gasteiger partial charge in [0, 0.05) is 31.1 Å². The van der Waals surface area contributed by atoms with Crippen molar-refractivity contribution in [3.05, 3.63) is 0 Å². The van der Waals surface area contributed by atoms with Crippen LogP contribution in [0, 0.1) is 46.3 Å². The van der Waals surface area contributed by atoms with E-state index in [1.54, 1.807) is 0 Å². The Morgan fingerprint density at radius 2 is 1.89 bits per heavy atom. The number of rotatable bonds is 1. The van der Waals surface area contributed by atoms with Crippen LogP contribution in [-0.4, -0.2) is 57.9 Å². The van der Waals surface area contributed by atoms with E-state index in [2.05, 4.69) is 25.9 Å². The first-order chi connectivity index (χ1) is 17.4. The highest BCUT2D eigenvalue weighted by Gasteiger charge is 2.73. The lowest BCUT2D eigenvalue weighted by molar-refractivity contribution is -0.252. The van der Waals surface area contributed by atoms with E-state index in [-0.39, 0.29) is 53.3 Å². The molecule has 1 spiro atoms. The molecular weight excluding hydrogens is 474 g/mol. The molecule has 6 fully saturated rings. The first-order valence-electron chi connectivity index (χ1n) is 14.4. The lowest BCUT2D eigenvalue weighted by Crippen LogP contribution is -2.67. The molecule has 0 radical (unpaired) electrons. The van der Waals surface area contributed by atoms with Crippen molar-refractivity contribution < 1.29 is 34.1 Å². The second-order valence-electron chi connectivity index (χ2n) is 13.8. The highest BCUT2D eigenvalue weighted by Crippen LogP contribution is 2.71. The van der Waals surface area contributed by atoms with Crippen LogP contribution in [0.3, 0.4) is 0 Å². The third-order valence-corrected chi connectivity index (χ3v) is 12.0. The minimum absolute atomic E-state index is 0.0147. The number of carbonyl (C=O) groups excluding carboxylic acids is 2. The highest BCUT2D eigenvalue weighted by molar-refractivity contribution is 5.95. The van der Waals surface area contributed by atoms with Gasteiger partial charge in [-0.25, -0.2) is 4.79 Å². The molecule has 2 aliphatic heterocycles. The predicted octanol–water partition coefficient (Wildman–Crippen LogP) is 3.62. The summed E-state index contributed by atoms with van der Waals surface area (Å²) >= 11 is 0. The van der Waals surface area contributed by atoms with Crippen molar-refractivity contribution in [2.75, 3.05) is 6.61 Å². The van der Waals surface area contributed by atoms with Gasteiger partial charge in [0.1, 0.15) is 5.60 Å². The molecule has 8 heteroatoms. The monoisotopic (exact) mass is 517 g/mol. The summed E-state index contributed by atoms with van der Waals surface area (Å²) in [5, 5.41) is 26.9. The number of ketones is 1. The summed E-state index contributed by atoms with van der Waals surface area (Å²) in [4.78, 5) is 30.0. The van der Waals surface area contributed by atoms with Crippen molar-refractivity contribution in [3.63, 3.8) is 0 Å². The van der Waals surface area contributed by atoms with Crippen molar-refractivity contribution in [1.82, 2.24) is 0 Å². The number of aliphatic hydroxyl groups is 2. The second kappa shape index (κ2) is 8.33. The average molecular weight is 518 g/mol. The number of carbonyl (C=O) groups is 2. The maximum Gasteiger partial charge on any atom is 0.331 e. The van der Waals surface area contributed by atoms with Gasteiger partial charge in [0.25, 0.3) is 0 Å². The Morgan fingerprint density at radius 3 is 2.59 bits per heavy atom. The molecular formula is C29H43NO7. The van der Waals surface area contributed by atoms with E-state index >= 15 is 0 Å². The molecule has 0 aromatic carbocycles. The van der Waals surface area contributed by atoms with Crippen LogP contribution in [0.5, 0.6) is 0 Å². The van der Waals surface area contributed by atoms with Gasteiger partial charge >= 0.3 is 5.97 Å². The highest BCUT2D eigenvalue weighted by atomic mass is 16.7. The van der Waals surface area contributed by atoms with E-state index in [4.69, 9.17) is 14.3 Å². The van der Waals surface area contributed by atoms with Gasteiger partial charge in [-0.1, -0.05) is 32.9 Å². The summed E-state index contributed by atoms with van der Waals surface area (Å²) in [5.74, 6) is -0.219. The molecule has 2 N–H and O–H groups in total. The molecule has 0 amide bonds. The normalized spacial score (nSPS) is 56.0. The van der Waals surface area contributed by atoms with E-state index < -0.39 is 28.9 Å². The van der Waals surface area contributed by atoms with Crippen LogP contribution in [0.15, 0.2) is 5.16 Å². The van der Waals surface area contributed by atoms with E-state index in [9.17, 15) is 19.8 Å². The largest absolute Gasteiger partial charge is 0.393 e. The fourth-order valence-corrected chi connectivity index (χ4v) is 10.2. The Balaban J connectivity index is 1.34. The lowest BCUT2D eigenvalue weighted by Gasteiger charge is -2.63. The summed E-state index contributed by atoms with van der Waals surface area (Å²) in [5.41, 5.74) is -1.28. The van der Waals surface area contributed by atoms with Crippen LogP contribution in [0.4, 0.5) is 0 Å². The van der Waals surface area contributed by atoms with E-state index in [0.29, 0.717) is 43.9 Å². The Labute approximate surface area is 219 Å². The van der Waals surface area contributed by atoms with Gasteiger partial charge in [0.15, 0.2) is 5.78 Å². The van der Waals surface area contributed by atoms with Crippen molar-refractivity contribution in [1.29, 1.82) is 0 Å². The molecule has 0 bridgehead atoms. The lowest BCUT2D eigenvalue weighted by atomic mass is 9.42. The van der Waals surface area contributed by atoms with Crippen LogP contribution >= 0.6 is 0 Å². The second-order valence-corrected chi connectivity index (χ2v) is 13.8. The smallest absolute Gasteiger partial charge is 0.331 e. The van der Waals surface area contributed by atoms with Crippen LogP contribution in [-0.2, 0) is 23.9 Å². The average Bonchev–Trinajstić information content (AvgIpc) is 3.27. The Bertz CT molecular complexity index is 1030. The third-order valence-electron chi connectivity index (χ3n) is 12.0. The van der Waals surface area contributed by atoms with E-state index in [0.717, 1.165) is 19.3 Å². The van der Waals surface area contributed by atoms with Gasteiger partial charge in [-0.2, -0.15) is 0 Å². The third kappa shape index (κ3) is 3.37. The quantitative estimate of drug-likeness (QED) is 0.403. The van der Waals surface area contributed by atoms with Crippen molar-refractivity contribution in [2.45, 2.75) is 110 Å². The first-order valence-corrected chi connectivity index (χ1v) is 14.4. The van der Waals surface area contributed by atoms with Gasteiger partial charge in [0.05, 0.1) is 24.5 Å². The van der Waals surface area contributed by atoms with Gasteiger partial charge in [0.2, 0.25) is 5.79 Å². The molecule has 6 rings (SSSR count). The molecule has 2 heterocycles. The molecule has 37 heavy (non-hydrogen) atoms. The van der Waals surface area contributed by atoms with Crippen LogP contribution in [0.25, 0.3) is 0 Å². The van der Waals surface area contributed by atoms with Crippen LogP contribution in [0.2, 0.25) is 0 Å². The van der Waals surface area contributed by atoms with Gasteiger partial charge < -0.3 is 24.5 Å².